The van der Waals surface area contributed by atoms with Crippen molar-refractivity contribution in [1.82, 2.24) is 9.78 Å². The average Bonchev–Trinajstić information content (AvgIpc) is 2.93. The first-order valence-corrected chi connectivity index (χ1v) is 6.84. The number of hydrogen-bond donors (Lipinski definition) is 2. The molecule has 0 saturated heterocycles. The van der Waals surface area contributed by atoms with E-state index < -0.39 is 0 Å². The quantitative estimate of drug-likeness (QED) is 0.804. The van der Waals surface area contributed by atoms with Gasteiger partial charge in [-0.15, -0.1) is 0 Å². The van der Waals surface area contributed by atoms with Crippen molar-refractivity contribution in [3.05, 3.63) is 47.8 Å². The van der Waals surface area contributed by atoms with Crippen LogP contribution in [0.3, 0.4) is 0 Å². The van der Waals surface area contributed by atoms with Gasteiger partial charge in [-0.25, -0.2) is 0 Å². The number of hydrogen-bond acceptors (Lipinski definition) is 4. The Morgan fingerprint density at radius 3 is 3.10 bits per heavy atom. The molecule has 1 aromatic heterocycles. The maximum absolute atomic E-state index is 12.2. The van der Waals surface area contributed by atoms with Gasteiger partial charge in [0, 0.05) is 18.9 Å². The highest BCUT2D eigenvalue weighted by Gasteiger charge is 2.08. The van der Waals surface area contributed by atoms with Gasteiger partial charge in [0.1, 0.15) is 0 Å². The SMILES string of the molecule is COCCn1cc(NC(=O)c2cccc(CCN)c2)cn1. The molecule has 0 aliphatic rings. The first kappa shape index (κ1) is 15.2. The Morgan fingerprint density at radius 1 is 1.48 bits per heavy atom. The standard InChI is InChI=1S/C15H20N4O2/c1-21-8-7-19-11-14(10-17-19)18-15(20)13-4-2-3-12(9-13)5-6-16/h2-4,9-11H,5-8,16H2,1H3,(H,18,20). The van der Waals surface area contributed by atoms with E-state index in [1.807, 2.05) is 18.2 Å². The van der Waals surface area contributed by atoms with Gasteiger partial charge < -0.3 is 15.8 Å². The van der Waals surface area contributed by atoms with Crippen molar-refractivity contribution in [3.8, 4) is 0 Å². The van der Waals surface area contributed by atoms with Gasteiger partial charge in [-0.2, -0.15) is 5.10 Å². The number of aromatic nitrogens is 2. The first-order valence-electron chi connectivity index (χ1n) is 6.84. The summed E-state index contributed by atoms with van der Waals surface area (Å²) in [4.78, 5) is 12.2. The Hall–Kier alpha value is -2.18. The van der Waals surface area contributed by atoms with Crippen molar-refractivity contribution >= 4 is 11.6 Å². The van der Waals surface area contributed by atoms with Gasteiger partial charge in [-0.05, 0) is 30.7 Å². The van der Waals surface area contributed by atoms with Crippen LogP contribution < -0.4 is 11.1 Å². The van der Waals surface area contributed by atoms with Crippen molar-refractivity contribution in [2.45, 2.75) is 13.0 Å². The van der Waals surface area contributed by atoms with Crippen LogP contribution in [0.4, 0.5) is 5.69 Å². The highest BCUT2D eigenvalue weighted by Crippen LogP contribution is 2.10. The van der Waals surface area contributed by atoms with E-state index in [0.717, 1.165) is 12.0 Å². The second-order valence-electron chi connectivity index (χ2n) is 4.68. The lowest BCUT2D eigenvalue weighted by molar-refractivity contribution is 0.102. The molecule has 1 heterocycles. The van der Waals surface area contributed by atoms with E-state index >= 15 is 0 Å². The number of carbonyl (C=O) groups excluding carboxylic acids is 1. The largest absolute Gasteiger partial charge is 0.383 e. The van der Waals surface area contributed by atoms with Crippen LogP contribution in [0, 0.1) is 0 Å². The molecule has 3 N–H and O–H groups in total. The average molecular weight is 288 g/mol. The molecule has 6 heteroatoms. The molecular weight excluding hydrogens is 268 g/mol. The zero-order chi connectivity index (χ0) is 15.1. The number of nitrogens with one attached hydrogen (secondary N) is 1. The normalized spacial score (nSPS) is 10.6. The maximum Gasteiger partial charge on any atom is 0.255 e. The molecule has 0 spiro atoms. The zero-order valence-corrected chi connectivity index (χ0v) is 12.1. The minimum Gasteiger partial charge on any atom is -0.383 e. The van der Waals surface area contributed by atoms with Crippen LogP contribution >= 0.6 is 0 Å². The van der Waals surface area contributed by atoms with Gasteiger partial charge in [0.25, 0.3) is 5.91 Å². The van der Waals surface area contributed by atoms with Crippen LogP contribution in [0.1, 0.15) is 15.9 Å². The molecule has 0 saturated carbocycles. The van der Waals surface area contributed by atoms with E-state index in [2.05, 4.69) is 10.4 Å². The van der Waals surface area contributed by atoms with Gasteiger partial charge in [-0.3, -0.25) is 9.48 Å². The van der Waals surface area contributed by atoms with Crippen molar-refractivity contribution in [3.63, 3.8) is 0 Å². The van der Waals surface area contributed by atoms with Crippen LogP contribution in [-0.2, 0) is 17.7 Å². The van der Waals surface area contributed by atoms with Crippen LogP contribution in [0.5, 0.6) is 0 Å². The Bertz CT molecular complexity index is 595. The summed E-state index contributed by atoms with van der Waals surface area (Å²) in [5.41, 5.74) is 7.87. The van der Waals surface area contributed by atoms with Crippen LogP contribution in [0.25, 0.3) is 0 Å². The van der Waals surface area contributed by atoms with Gasteiger partial charge in [0.2, 0.25) is 0 Å². The van der Waals surface area contributed by atoms with Crippen molar-refractivity contribution in [2.24, 2.45) is 5.73 Å². The number of nitrogens with two attached hydrogens (primary N) is 1. The van der Waals surface area contributed by atoms with Crippen LogP contribution in [-0.4, -0.2) is 35.9 Å². The summed E-state index contributed by atoms with van der Waals surface area (Å²) >= 11 is 0. The molecule has 1 amide bonds. The highest BCUT2D eigenvalue weighted by molar-refractivity contribution is 6.04. The molecule has 2 rings (SSSR count). The molecule has 0 fully saturated rings. The minimum absolute atomic E-state index is 0.153. The summed E-state index contributed by atoms with van der Waals surface area (Å²) in [5.74, 6) is -0.153. The topological polar surface area (TPSA) is 82.2 Å². The number of methoxy groups -OCH3 is 1. The van der Waals surface area contributed by atoms with E-state index in [-0.39, 0.29) is 5.91 Å². The molecule has 0 aliphatic heterocycles. The molecule has 0 radical (unpaired) electrons. The number of anilines is 1. The predicted octanol–water partition coefficient (Wildman–Crippen LogP) is 1.28. The third-order valence-electron chi connectivity index (χ3n) is 3.04. The number of rotatable bonds is 7. The lowest BCUT2D eigenvalue weighted by Gasteiger charge is -2.05. The molecule has 0 atom stereocenters. The van der Waals surface area contributed by atoms with E-state index in [0.29, 0.717) is 30.9 Å². The third-order valence-corrected chi connectivity index (χ3v) is 3.04. The molecule has 1 aromatic carbocycles. The van der Waals surface area contributed by atoms with Gasteiger partial charge in [0.05, 0.1) is 25.0 Å². The summed E-state index contributed by atoms with van der Waals surface area (Å²) in [6.45, 7) is 1.80. The monoisotopic (exact) mass is 288 g/mol. The third kappa shape index (κ3) is 4.40. The Morgan fingerprint density at radius 2 is 2.33 bits per heavy atom. The van der Waals surface area contributed by atoms with E-state index in [9.17, 15) is 4.79 Å². The Balaban J connectivity index is 2.00. The highest BCUT2D eigenvalue weighted by atomic mass is 16.5. The molecular formula is C15H20N4O2. The summed E-state index contributed by atoms with van der Waals surface area (Å²) < 4.78 is 6.71. The van der Waals surface area contributed by atoms with Crippen LogP contribution in [0.2, 0.25) is 0 Å². The van der Waals surface area contributed by atoms with Crippen molar-refractivity contribution in [1.29, 1.82) is 0 Å². The number of ether oxygens (including phenoxy) is 1. The Kier molecular flexibility index (Phi) is 5.48. The number of benzene rings is 1. The van der Waals surface area contributed by atoms with E-state index in [4.69, 9.17) is 10.5 Å². The summed E-state index contributed by atoms with van der Waals surface area (Å²) in [7, 11) is 1.64. The number of nitrogens with zero attached hydrogens (tertiary/aromatic N) is 2. The number of carbonyl (C=O) groups is 1. The van der Waals surface area contributed by atoms with Crippen molar-refractivity contribution in [2.75, 3.05) is 25.6 Å². The Labute approximate surface area is 123 Å². The fourth-order valence-electron chi connectivity index (χ4n) is 1.97. The van der Waals surface area contributed by atoms with E-state index in [1.54, 1.807) is 30.3 Å². The van der Waals surface area contributed by atoms with Crippen LogP contribution in [0.15, 0.2) is 36.7 Å². The maximum atomic E-state index is 12.2. The molecule has 6 nitrogen and oxygen atoms in total. The summed E-state index contributed by atoms with van der Waals surface area (Å²) in [6, 6.07) is 7.47. The lowest BCUT2D eigenvalue weighted by Crippen LogP contribution is -2.12. The second kappa shape index (κ2) is 7.56. The smallest absolute Gasteiger partial charge is 0.255 e. The molecule has 0 unspecified atom stereocenters. The molecule has 0 bridgehead atoms. The molecule has 2 aromatic rings. The molecule has 21 heavy (non-hydrogen) atoms. The van der Waals surface area contributed by atoms with Gasteiger partial charge >= 0.3 is 0 Å². The molecule has 0 aliphatic carbocycles. The number of amides is 1. The zero-order valence-electron chi connectivity index (χ0n) is 12.1. The molecule has 112 valence electrons. The summed E-state index contributed by atoms with van der Waals surface area (Å²) in [5, 5.41) is 6.98. The second-order valence-corrected chi connectivity index (χ2v) is 4.68. The minimum atomic E-state index is -0.153. The fourth-order valence-corrected chi connectivity index (χ4v) is 1.97. The fraction of sp³-hybridized carbons (Fsp3) is 0.333. The van der Waals surface area contributed by atoms with Gasteiger partial charge in [0.15, 0.2) is 0 Å². The lowest BCUT2D eigenvalue weighted by atomic mass is 10.1. The van der Waals surface area contributed by atoms with Gasteiger partial charge in [-0.1, -0.05) is 12.1 Å². The predicted molar refractivity (Wildman–Crippen MR) is 81.3 cm³/mol. The van der Waals surface area contributed by atoms with E-state index in [1.165, 1.54) is 0 Å². The van der Waals surface area contributed by atoms with Crippen molar-refractivity contribution < 1.29 is 9.53 Å². The first-order chi connectivity index (χ1) is 10.2. The summed E-state index contributed by atoms with van der Waals surface area (Å²) in [6.07, 6.45) is 4.16.